The largest absolute Gasteiger partial charge is 0.457 e. The van der Waals surface area contributed by atoms with Gasteiger partial charge in [-0.05, 0) is 57.0 Å². The first-order valence-corrected chi connectivity index (χ1v) is 15.1. The number of nitrogens with one attached hydrogen (secondary N) is 1. The molecule has 2 aromatic heterocycles. The molecule has 0 spiro atoms. The lowest BCUT2D eigenvalue weighted by Gasteiger charge is -2.39. The summed E-state index contributed by atoms with van der Waals surface area (Å²) in [6.45, 7) is 8.30. The molecule has 0 saturated carbocycles. The van der Waals surface area contributed by atoms with E-state index in [4.69, 9.17) is 15.6 Å². The molecule has 11 nitrogen and oxygen atoms in total. The van der Waals surface area contributed by atoms with E-state index in [-0.39, 0.29) is 28.9 Å². The van der Waals surface area contributed by atoms with Crippen LogP contribution < -0.4 is 15.8 Å². The molecule has 12 heteroatoms. The quantitative estimate of drug-likeness (QED) is 0.232. The van der Waals surface area contributed by atoms with Gasteiger partial charge in [-0.1, -0.05) is 18.2 Å². The Morgan fingerprint density at radius 3 is 2.64 bits per heavy atom. The van der Waals surface area contributed by atoms with Gasteiger partial charge in [-0.15, -0.1) is 0 Å². The number of likely N-dealkylation sites (tertiary alicyclic amines) is 1. The van der Waals surface area contributed by atoms with Gasteiger partial charge in [0.2, 0.25) is 0 Å². The summed E-state index contributed by atoms with van der Waals surface area (Å²) in [6.07, 6.45) is 4.56. The monoisotopic (exact) mass is 609 g/mol. The number of nitrogens with two attached hydrogens (primary N) is 1. The number of para-hydroxylation sites is 1. The molecule has 4 heterocycles. The number of amides is 1. The predicted molar refractivity (Wildman–Crippen MR) is 169 cm³/mol. The van der Waals surface area contributed by atoms with E-state index in [1.165, 1.54) is 12.4 Å². The minimum absolute atomic E-state index is 0.122. The molecule has 4 aromatic rings. The maximum Gasteiger partial charge on any atom is 0.264 e. The third-order valence-electron chi connectivity index (χ3n) is 8.50. The van der Waals surface area contributed by atoms with Gasteiger partial charge < -0.3 is 20.7 Å². The number of piperazine rings is 1. The summed E-state index contributed by atoms with van der Waals surface area (Å²) in [5, 5.41) is 18.6. The summed E-state index contributed by atoms with van der Waals surface area (Å²) in [6, 6.07) is 15.6. The minimum Gasteiger partial charge on any atom is -0.457 e. The van der Waals surface area contributed by atoms with Crippen LogP contribution in [-0.4, -0.2) is 80.3 Å². The van der Waals surface area contributed by atoms with Crippen LogP contribution >= 0.6 is 0 Å². The molecule has 1 atom stereocenters. The molecule has 2 aliphatic rings. The van der Waals surface area contributed by atoms with Gasteiger partial charge >= 0.3 is 0 Å². The van der Waals surface area contributed by atoms with Crippen LogP contribution in [0.1, 0.15) is 32.7 Å². The molecule has 0 aliphatic carbocycles. The number of anilines is 1. The topological polar surface area (TPSA) is 138 Å². The highest BCUT2D eigenvalue weighted by atomic mass is 19.1. The highest BCUT2D eigenvalue weighted by molar-refractivity contribution is 5.99. The highest BCUT2D eigenvalue weighted by Gasteiger charge is 2.33. The molecule has 2 saturated heterocycles. The molecule has 2 aliphatic heterocycles. The lowest BCUT2D eigenvalue weighted by Crippen LogP contribution is -2.53. The summed E-state index contributed by atoms with van der Waals surface area (Å²) in [5.41, 5.74) is 6.97. The van der Waals surface area contributed by atoms with Gasteiger partial charge in [0.05, 0.1) is 11.4 Å². The maximum atomic E-state index is 15.6. The van der Waals surface area contributed by atoms with Crippen LogP contribution in [0.3, 0.4) is 0 Å². The number of ether oxygens (including phenoxy) is 1. The Morgan fingerprint density at radius 1 is 1.13 bits per heavy atom. The van der Waals surface area contributed by atoms with E-state index in [1.807, 2.05) is 32.0 Å². The standard InChI is InChI=1S/C33H36FN9O2/c1-33(2,42-15-12-37-13-16-42)18-22(19-35)32(44)41-14-6-7-23(20-41)43-31-28(30(36)38-21-39-31)29(40-43)26-11-10-25(17-27(26)34)45-24-8-4-3-5-9-24/h3-5,8-11,17-18,21,23,37H,6-7,12-16,20H2,1-2H3,(H2,36,38,39)/t23-/m0/s1. The number of rotatable bonds is 7. The van der Waals surface area contributed by atoms with Crippen LogP contribution in [0.15, 0.2) is 66.5 Å². The molecule has 2 fully saturated rings. The Bertz CT molecular complexity index is 1770. The zero-order valence-electron chi connectivity index (χ0n) is 25.4. The van der Waals surface area contributed by atoms with Crippen molar-refractivity contribution < 1.29 is 13.9 Å². The number of hydrogen-bond donors (Lipinski definition) is 2. The van der Waals surface area contributed by atoms with Gasteiger partial charge in [-0.2, -0.15) is 10.4 Å². The molecule has 1 amide bonds. The summed E-state index contributed by atoms with van der Waals surface area (Å²) in [5.74, 6) is 0.276. The number of carbonyl (C=O) groups is 1. The van der Waals surface area contributed by atoms with E-state index >= 15 is 4.39 Å². The number of aromatic nitrogens is 4. The molecule has 3 N–H and O–H groups in total. The lowest BCUT2D eigenvalue weighted by atomic mass is 9.97. The Hall–Kier alpha value is -4.86. The van der Waals surface area contributed by atoms with Crippen molar-refractivity contribution in [3.05, 3.63) is 72.3 Å². The summed E-state index contributed by atoms with van der Waals surface area (Å²) in [4.78, 5) is 26.3. The zero-order valence-corrected chi connectivity index (χ0v) is 25.4. The Labute approximate surface area is 261 Å². The van der Waals surface area contributed by atoms with Crippen LogP contribution in [0, 0.1) is 17.1 Å². The van der Waals surface area contributed by atoms with Gasteiger partial charge in [-0.25, -0.2) is 19.0 Å². The van der Waals surface area contributed by atoms with E-state index < -0.39 is 11.4 Å². The van der Waals surface area contributed by atoms with Crippen molar-refractivity contribution in [3.63, 3.8) is 0 Å². The number of nitrogens with zero attached hydrogens (tertiary/aromatic N) is 7. The van der Waals surface area contributed by atoms with E-state index in [1.54, 1.807) is 39.9 Å². The number of halogens is 1. The van der Waals surface area contributed by atoms with Crippen LogP contribution in [0.25, 0.3) is 22.3 Å². The van der Waals surface area contributed by atoms with Crippen LogP contribution in [-0.2, 0) is 4.79 Å². The summed E-state index contributed by atoms with van der Waals surface area (Å²) < 4.78 is 23.1. The normalized spacial score (nSPS) is 18.1. The van der Waals surface area contributed by atoms with Gasteiger partial charge in [0.15, 0.2) is 5.65 Å². The zero-order chi connectivity index (χ0) is 31.6. The summed E-state index contributed by atoms with van der Waals surface area (Å²) >= 11 is 0. The Morgan fingerprint density at radius 2 is 1.91 bits per heavy atom. The van der Waals surface area contributed by atoms with Crippen LogP contribution in [0.2, 0.25) is 0 Å². The van der Waals surface area contributed by atoms with Crippen molar-refractivity contribution in [1.82, 2.24) is 34.9 Å². The molecular weight excluding hydrogens is 573 g/mol. The molecule has 45 heavy (non-hydrogen) atoms. The van der Waals surface area contributed by atoms with Gasteiger partial charge in [0.25, 0.3) is 5.91 Å². The van der Waals surface area contributed by atoms with E-state index in [0.717, 1.165) is 26.2 Å². The van der Waals surface area contributed by atoms with Gasteiger partial charge in [0.1, 0.15) is 46.8 Å². The number of carbonyl (C=O) groups excluding carboxylic acids is 1. The second kappa shape index (κ2) is 12.6. The second-order valence-corrected chi connectivity index (χ2v) is 11.9. The smallest absolute Gasteiger partial charge is 0.264 e. The number of nitriles is 1. The average molecular weight is 610 g/mol. The fourth-order valence-electron chi connectivity index (χ4n) is 6.15. The molecule has 6 rings (SSSR count). The third kappa shape index (κ3) is 6.22. The fraction of sp³-hybridized carbons (Fsp3) is 0.364. The maximum absolute atomic E-state index is 15.6. The molecule has 0 radical (unpaired) electrons. The molecule has 0 unspecified atom stereocenters. The SMILES string of the molecule is CC(C)(C=C(C#N)C(=O)N1CCC[C@H](n2nc(-c3ccc(Oc4ccccc4)cc3F)c3c(N)ncnc32)C1)N1CCNCC1. The van der Waals surface area contributed by atoms with E-state index in [9.17, 15) is 10.1 Å². The Balaban J connectivity index is 1.28. The molecule has 232 valence electrons. The Kier molecular flexibility index (Phi) is 8.47. The highest BCUT2D eigenvalue weighted by Crippen LogP contribution is 2.36. The molecule has 2 aromatic carbocycles. The van der Waals surface area contributed by atoms with Crippen molar-refractivity contribution in [3.8, 4) is 28.8 Å². The van der Waals surface area contributed by atoms with Crippen molar-refractivity contribution in [1.29, 1.82) is 5.26 Å². The van der Waals surface area contributed by atoms with Crippen molar-refractivity contribution in [2.45, 2.75) is 38.3 Å². The number of piperidine rings is 1. The molecule has 0 bridgehead atoms. The number of nitrogen functional groups attached to an aromatic ring is 1. The summed E-state index contributed by atoms with van der Waals surface area (Å²) in [7, 11) is 0. The van der Waals surface area contributed by atoms with E-state index in [0.29, 0.717) is 54.2 Å². The van der Waals surface area contributed by atoms with Crippen molar-refractivity contribution >= 4 is 22.8 Å². The third-order valence-corrected chi connectivity index (χ3v) is 8.50. The fourth-order valence-corrected chi connectivity index (χ4v) is 6.15. The number of fused-ring (bicyclic) bond motifs is 1. The first-order chi connectivity index (χ1) is 21.7. The van der Waals surface area contributed by atoms with Gasteiger partial charge in [-0.3, -0.25) is 9.69 Å². The average Bonchev–Trinajstić information content (AvgIpc) is 3.45. The van der Waals surface area contributed by atoms with Crippen molar-refractivity contribution in [2.24, 2.45) is 0 Å². The first kappa shape index (κ1) is 30.2. The number of benzene rings is 2. The second-order valence-electron chi connectivity index (χ2n) is 11.9. The first-order valence-electron chi connectivity index (χ1n) is 15.1. The molecular formula is C33H36FN9O2. The van der Waals surface area contributed by atoms with Crippen LogP contribution in [0.4, 0.5) is 10.2 Å². The van der Waals surface area contributed by atoms with Crippen molar-refractivity contribution in [2.75, 3.05) is 45.0 Å². The van der Waals surface area contributed by atoms with E-state index in [2.05, 4.69) is 26.3 Å². The lowest BCUT2D eigenvalue weighted by molar-refractivity contribution is -0.128. The van der Waals surface area contributed by atoms with Crippen LogP contribution in [0.5, 0.6) is 11.5 Å². The minimum atomic E-state index is -0.533. The van der Waals surface area contributed by atoms with Gasteiger partial charge in [0, 0.05) is 56.4 Å². The predicted octanol–water partition coefficient (Wildman–Crippen LogP) is 4.30. The number of hydrogen-bond acceptors (Lipinski definition) is 9.